The van der Waals surface area contributed by atoms with Gasteiger partial charge in [0.15, 0.2) is 0 Å². The van der Waals surface area contributed by atoms with Crippen molar-refractivity contribution < 1.29 is 9.59 Å². The molecule has 0 saturated heterocycles. The van der Waals surface area contributed by atoms with Crippen molar-refractivity contribution in [3.8, 4) is 0 Å². The summed E-state index contributed by atoms with van der Waals surface area (Å²) in [7, 11) is 0. The number of hydrogen-bond donors (Lipinski definition) is 3. The van der Waals surface area contributed by atoms with Crippen LogP contribution in [0.25, 0.3) is 0 Å². The van der Waals surface area contributed by atoms with Gasteiger partial charge in [-0.25, -0.2) is 4.79 Å². The second-order valence-corrected chi connectivity index (χ2v) is 6.36. The topological polar surface area (TPSA) is 70.2 Å². The lowest BCUT2D eigenvalue weighted by Crippen LogP contribution is -2.49. The average molecular weight is 375 g/mol. The first-order valence-electron chi connectivity index (χ1n) is 5.88. The highest BCUT2D eigenvalue weighted by molar-refractivity contribution is 14.1. The number of nitrogens with one attached hydrogen (secondary N) is 3. The summed E-state index contributed by atoms with van der Waals surface area (Å²) < 4.78 is 1.12. The van der Waals surface area contributed by atoms with E-state index in [0.717, 1.165) is 9.26 Å². The number of urea groups is 1. The maximum atomic E-state index is 11.5. The van der Waals surface area contributed by atoms with Gasteiger partial charge in [0, 0.05) is 14.8 Å². The predicted octanol–water partition coefficient (Wildman–Crippen LogP) is 2.33. The summed E-state index contributed by atoms with van der Waals surface area (Å²) in [6.45, 7) is 5.60. The molecule has 0 aromatic heterocycles. The molecule has 1 aromatic rings. The number of rotatable bonds is 3. The Hall–Kier alpha value is -1.31. The van der Waals surface area contributed by atoms with Gasteiger partial charge < -0.3 is 10.6 Å². The molecular formula is C13H18IN3O2. The molecule has 3 N–H and O–H groups in total. The number of halogens is 1. The summed E-state index contributed by atoms with van der Waals surface area (Å²) >= 11 is 2.21. The van der Waals surface area contributed by atoms with Crippen LogP contribution in [0.2, 0.25) is 0 Å². The molecule has 0 saturated carbocycles. The van der Waals surface area contributed by atoms with Gasteiger partial charge in [-0.05, 0) is 67.6 Å². The number of hydrogen-bond acceptors (Lipinski definition) is 3. The minimum Gasteiger partial charge on any atom is -0.376 e. The van der Waals surface area contributed by atoms with Crippen molar-refractivity contribution in [3.63, 3.8) is 0 Å². The Morgan fingerprint density at radius 2 is 1.74 bits per heavy atom. The van der Waals surface area contributed by atoms with Crippen LogP contribution in [0.3, 0.4) is 0 Å². The van der Waals surface area contributed by atoms with Crippen LogP contribution in [-0.4, -0.2) is 24.0 Å². The van der Waals surface area contributed by atoms with Crippen LogP contribution in [0.5, 0.6) is 0 Å². The fourth-order valence-electron chi connectivity index (χ4n) is 1.29. The lowest BCUT2D eigenvalue weighted by molar-refractivity contribution is -0.118. The third-order valence-electron chi connectivity index (χ3n) is 2.04. The van der Waals surface area contributed by atoms with Gasteiger partial charge in [0.05, 0.1) is 6.54 Å². The Morgan fingerprint density at radius 1 is 1.16 bits per heavy atom. The molecule has 104 valence electrons. The monoisotopic (exact) mass is 375 g/mol. The highest BCUT2D eigenvalue weighted by Crippen LogP contribution is 2.10. The molecule has 6 heteroatoms. The molecule has 0 bridgehead atoms. The zero-order chi connectivity index (χ0) is 14.5. The molecule has 0 fully saturated rings. The molecule has 0 radical (unpaired) electrons. The first-order chi connectivity index (χ1) is 8.76. The number of amides is 3. The van der Waals surface area contributed by atoms with Gasteiger partial charge in [-0.15, -0.1) is 0 Å². The van der Waals surface area contributed by atoms with E-state index in [4.69, 9.17) is 0 Å². The third kappa shape index (κ3) is 7.00. The number of benzene rings is 1. The van der Waals surface area contributed by atoms with E-state index in [-0.39, 0.29) is 18.0 Å². The van der Waals surface area contributed by atoms with E-state index in [0.29, 0.717) is 0 Å². The lowest BCUT2D eigenvalue weighted by atomic mass is 10.1. The molecule has 5 nitrogen and oxygen atoms in total. The van der Waals surface area contributed by atoms with Crippen molar-refractivity contribution in [1.29, 1.82) is 0 Å². The second kappa shape index (κ2) is 6.74. The molecule has 0 atom stereocenters. The average Bonchev–Trinajstić information content (AvgIpc) is 2.25. The molecule has 0 heterocycles. The summed E-state index contributed by atoms with van der Waals surface area (Å²) in [5, 5.41) is 7.87. The van der Waals surface area contributed by atoms with E-state index < -0.39 is 6.03 Å². The maximum absolute atomic E-state index is 11.5. The molecule has 3 amide bonds. The van der Waals surface area contributed by atoms with E-state index >= 15 is 0 Å². The van der Waals surface area contributed by atoms with Crippen molar-refractivity contribution in [2.75, 3.05) is 11.9 Å². The van der Waals surface area contributed by atoms with Gasteiger partial charge in [0.25, 0.3) is 0 Å². The summed E-state index contributed by atoms with van der Waals surface area (Å²) in [6, 6.07) is 7.15. The molecule has 0 spiro atoms. The minimum absolute atomic E-state index is 0.0537. The van der Waals surface area contributed by atoms with E-state index in [9.17, 15) is 9.59 Å². The summed E-state index contributed by atoms with van der Waals surface area (Å²) in [4.78, 5) is 23.0. The van der Waals surface area contributed by atoms with E-state index in [1.165, 1.54) is 0 Å². The summed E-state index contributed by atoms with van der Waals surface area (Å²) in [5.74, 6) is -0.375. The van der Waals surface area contributed by atoms with E-state index in [2.05, 4.69) is 38.5 Å². The molecule has 0 aliphatic carbocycles. The van der Waals surface area contributed by atoms with Crippen LogP contribution < -0.4 is 16.0 Å². The molecule has 1 aromatic carbocycles. The molecule has 19 heavy (non-hydrogen) atoms. The lowest BCUT2D eigenvalue weighted by Gasteiger charge is -2.20. The Bertz CT molecular complexity index is 452. The SMILES string of the molecule is CC(C)(C)NC(=O)NC(=O)CNc1ccc(I)cc1. The van der Waals surface area contributed by atoms with Gasteiger partial charge in [0.2, 0.25) is 5.91 Å². The van der Waals surface area contributed by atoms with Crippen LogP contribution in [0.15, 0.2) is 24.3 Å². The van der Waals surface area contributed by atoms with Gasteiger partial charge in [-0.2, -0.15) is 0 Å². The minimum atomic E-state index is -0.484. The van der Waals surface area contributed by atoms with Gasteiger partial charge in [0.1, 0.15) is 0 Å². The Kier molecular flexibility index (Phi) is 5.59. The number of imide groups is 1. The van der Waals surface area contributed by atoms with Crippen molar-refractivity contribution in [2.45, 2.75) is 26.3 Å². The Balaban J connectivity index is 2.36. The zero-order valence-electron chi connectivity index (χ0n) is 11.2. The van der Waals surface area contributed by atoms with Crippen molar-refractivity contribution in [3.05, 3.63) is 27.8 Å². The molecule has 0 aliphatic rings. The normalized spacial score (nSPS) is 10.7. The smallest absolute Gasteiger partial charge is 0.321 e. The Morgan fingerprint density at radius 3 is 2.26 bits per heavy atom. The number of carbonyl (C=O) groups excluding carboxylic acids is 2. The number of anilines is 1. The van der Waals surface area contributed by atoms with E-state index in [1.807, 2.05) is 45.0 Å². The van der Waals surface area contributed by atoms with Crippen molar-refractivity contribution in [2.24, 2.45) is 0 Å². The van der Waals surface area contributed by atoms with Gasteiger partial charge >= 0.3 is 6.03 Å². The molecule has 1 rings (SSSR count). The van der Waals surface area contributed by atoms with Crippen LogP contribution in [0, 0.1) is 3.57 Å². The summed E-state index contributed by atoms with van der Waals surface area (Å²) in [6.07, 6.45) is 0. The van der Waals surface area contributed by atoms with Crippen LogP contribution in [-0.2, 0) is 4.79 Å². The first kappa shape index (κ1) is 15.7. The van der Waals surface area contributed by atoms with Crippen molar-refractivity contribution in [1.82, 2.24) is 10.6 Å². The molecule has 0 unspecified atom stereocenters. The maximum Gasteiger partial charge on any atom is 0.321 e. The van der Waals surface area contributed by atoms with Gasteiger partial charge in [-0.3, -0.25) is 10.1 Å². The van der Waals surface area contributed by atoms with E-state index in [1.54, 1.807) is 0 Å². The first-order valence-corrected chi connectivity index (χ1v) is 6.95. The fraction of sp³-hybridized carbons (Fsp3) is 0.385. The van der Waals surface area contributed by atoms with Crippen LogP contribution in [0.1, 0.15) is 20.8 Å². The third-order valence-corrected chi connectivity index (χ3v) is 2.76. The number of carbonyl (C=O) groups is 2. The second-order valence-electron chi connectivity index (χ2n) is 5.11. The highest BCUT2D eigenvalue weighted by Gasteiger charge is 2.15. The van der Waals surface area contributed by atoms with Crippen LogP contribution in [0.4, 0.5) is 10.5 Å². The van der Waals surface area contributed by atoms with Crippen molar-refractivity contribution >= 4 is 40.2 Å². The van der Waals surface area contributed by atoms with Crippen LogP contribution >= 0.6 is 22.6 Å². The van der Waals surface area contributed by atoms with Gasteiger partial charge in [-0.1, -0.05) is 0 Å². The molecule has 0 aliphatic heterocycles. The Labute approximate surface area is 126 Å². The predicted molar refractivity (Wildman–Crippen MR) is 84.1 cm³/mol. The quantitative estimate of drug-likeness (QED) is 0.711. The zero-order valence-corrected chi connectivity index (χ0v) is 13.4. The largest absolute Gasteiger partial charge is 0.376 e. The fourth-order valence-corrected chi connectivity index (χ4v) is 1.65. The highest BCUT2D eigenvalue weighted by atomic mass is 127. The summed E-state index contributed by atoms with van der Waals surface area (Å²) in [5.41, 5.74) is 0.472. The molecular weight excluding hydrogens is 357 g/mol. The standard InChI is InChI=1S/C13H18IN3O2/c1-13(2,3)17-12(19)16-11(18)8-15-10-6-4-9(14)5-7-10/h4-7,15H,8H2,1-3H3,(H2,16,17,18,19).